The summed E-state index contributed by atoms with van der Waals surface area (Å²) in [5.74, 6) is 2.90. The minimum absolute atomic E-state index is 0.466. The summed E-state index contributed by atoms with van der Waals surface area (Å²) in [6.07, 6.45) is 3.44. The van der Waals surface area contributed by atoms with Gasteiger partial charge in [-0.3, -0.25) is 0 Å². The highest BCUT2D eigenvalue weighted by Crippen LogP contribution is 2.36. The maximum atomic E-state index is 9.10. The normalized spacial score (nSPS) is 21.0. The van der Waals surface area contributed by atoms with Crippen molar-refractivity contribution < 1.29 is 4.74 Å². The smallest absolute Gasteiger partial charge is 0.165 e. The number of nitriles is 1. The summed E-state index contributed by atoms with van der Waals surface area (Å²) in [5, 5.41) is 9.10. The molecule has 0 aliphatic carbocycles. The van der Waals surface area contributed by atoms with Gasteiger partial charge >= 0.3 is 0 Å². The van der Waals surface area contributed by atoms with E-state index in [1.165, 1.54) is 0 Å². The van der Waals surface area contributed by atoms with Crippen LogP contribution >= 0.6 is 0 Å². The molecule has 5 heterocycles. The Balaban J connectivity index is 1.33. The molecule has 2 unspecified atom stereocenters. The third-order valence-electron chi connectivity index (χ3n) is 5.88. The van der Waals surface area contributed by atoms with Crippen molar-refractivity contribution in [2.45, 2.75) is 6.54 Å². The van der Waals surface area contributed by atoms with Crippen LogP contribution in [-0.4, -0.2) is 64.4 Å². The van der Waals surface area contributed by atoms with Crippen LogP contribution in [0.2, 0.25) is 0 Å². The van der Waals surface area contributed by atoms with Gasteiger partial charge in [0.2, 0.25) is 0 Å². The number of imidazole rings is 1. The molecule has 9 heteroatoms. The van der Waals surface area contributed by atoms with E-state index in [-0.39, 0.29) is 0 Å². The van der Waals surface area contributed by atoms with Gasteiger partial charge in [0.1, 0.15) is 23.9 Å². The fourth-order valence-electron chi connectivity index (χ4n) is 4.47. The summed E-state index contributed by atoms with van der Waals surface area (Å²) in [6.45, 7) is 5.11. The van der Waals surface area contributed by atoms with Crippen molar-refractivity contribution in [2.75, 3.05) is 49.7 Å². The molecule has 0 saturated carbocycles. The molecule has 2 aliphatic rings. The Morgan fingerprint density at radius 2 is 1.90 bits per heavy atom. The number of fused-ring (bicyclic) bond motifs is 2. The zero-order chi connectivity index (χ0) is 19.8. The fraction of sp³-hybridized carbons (Fsp3) is 0.450. The molecular weight excluding hydrogens is 368 g/mol. The van der Waals surface area contributed by atoms with Crippen LogP contribution in [0.25, 0.3) is 11.2 Å². The van der Waals surface area contributed by atoms with Gasteiger partial charge in [-0.15, -0.1) is 0 Å². The summed E-state index contributed by atoms with van der Waals surface area (Å²) >= 11 is 0. The highest BCUT2D eigenvalue weighted by atomic mass is 16.5. The van der Waals surface area contributed by atoms with Gasteiger partial charge in [0.15, 0.2) is 17.0 Å². The largest absolute Gasteiger partial charge is 0.383 e. The molecule has 3 aromatic rings. The third-order valence-corrected chi connectivity index (χ3v) is 5.88. The molecule has 0 radical (unpaired) electrons. The van der Waals surface area contributed by atoms with Crippen molar-refractivity contribution in [1.29, 1.82) is 5.26 Å². The van der Waals surface area contributed by atoms with E-state index in [9.17, 15) is 0 Å². The Kier molecular flexibility index (Phi) is 4.48. The van der Waals surface area contributed by atoms with E-state index in [1.807, 2.05) is 23.0 Å². The summed E-state index contributed by atoms with van der Waals surface area (Å²) in [5.41, 5.74) is 2.17. The lowest BCUT2D eigenvalue weighted by Crippen LogP contribution is -2.29. The Morgan fingerprint density at radius 3 is 2.66 bits per heavy atom. The van der Waals surface area contributed by atoms with Gasteiger partial charge in [0, 0.05) is 51.7 Å². The number of hydrogen-bond acceptors (Lipinski definition) is 8. The van der Waals surface area contributed by atoms with E-state index in [1.54, 1.807) is 19.5 Å². The quantitative estimate of drug-likeness (QED) is 0.643. The number of ether oxygens (including phenoxy) is 1. The van der Waals surface area contributed by atoms with Crippen molar-refractivity contribution in [3.05, 3.63) is 36.5 Å². The number of anilines is 2. The van der Waals surface area contributed by atoms with E-state index in [0.717, 1.165) is 55.5 Å². The predicted octanol–water partition coefficient (Wildman–Crippen LogP) is 1.31. The summed E-state index contributed by atoms with van der Waals surface area (Å²) in [7, 11) is 1.69. The highest BCUT2D eigenvalue weighted by Gasteiger charge is 2.41. The van der Waals surface area contributed by atoms with Gasteiger partial charge in [-0.05, 0) is 12.1 Å². The SMILES string of the molecule is COCCn1cnc2c(N3CC4CN(c5cccc(C#N)n5)CC4C3)ncnc21. The minimum atomic E-state index is 0.466. The molecule has 0 spiro atoms. The first-order valence-electron chi connectivity index (χ1n) is 9.78. The number of methoxy groups -OCH3 is 1. The van der Waals surface area contributed by atoms with Crippen molar-refractivity contribution in [3.8, 4) is 6.07 Å². The third kappa shape index (κ3) is 3.15. The van der Waals surface area contributed by atoms with E-state index < -0.39 is 0 Å². The average Bonchev–Trinajstić information content (AvgIpc) is 3.45. The van der Waals surface area contributed by atoms with Crippen LogP contribution in [-0.2, 0) is 11.3 Å². The maximum absolute atomic E-state index is 9.10. The Bertz CT molecular complexity index is 1060. The monoisotopic (exact) mass is 390 g/mol. The molecule has 148 valence electrons. The lowest BCUT2D eigenvalue weighted by Gasteiger charge is -2.23. The molecule has 2 saturated heterocycles. The average molecular weight is 390 g/mol. The minimum Gasteiger partial charge on any atom is -0.383 e. The topological polar surface area (TPSA) is 96.0 Å². The van der Waals surface area contributed by atoms with E-state index >= 15 is 0 Å². The molecular formula is C20H22N8O. The molecule has 2 fully saturated rings. The molecule has 3 aromatic heterocycles. The number of nitrogens with zero attached hydrogens (tertiary/aromatic N) is 8. The number of rotatable bonds is 5. The van der Waals surface area contributed by atoms with Crippen LogP contribution in [0, 0.1) is 23.2 Å². The Hall–Kier alpha value is -3.25. The molecule has 0 bridgehead atoms. The number of aromatic nitrogens is 5. The first-order valence-corrected chi connectivity index (χ1v) is 9.78. The second-order valence-electron chi connectivity index (χ2n) is 7.62. The Morgan fingerprint density at radius 1 is 1.10 bits per heavy atom. The second kappa shape index (κ2) is 7.29. The first-order chi connectivity index (χ1) is 14.3. The fourth-order valence-corrected chi connectivity index (χ4v) is 4.47. The standard InChI is InChI=1S/C20H22N8O/c1-29-6-5-26-13-24-18-19(26)22-12-23-20(18)28-10-14-8-27(9-15(14)11-28)17-4-2-3-16(7-21)25-17/h2-4,12-15H,5-6,8-11H2,1H3. The predicted molar refractivity (Wildman–Crippen MR) is 108 cm³/mol. The summed E-state index contributed by atoms with van der Waals surface area (Å²) in [4.78, 5) is 22.7. The number of pyridine rings is 1. The van der Waals surface area contributed by atoms with E-state index in [2.05, 4.69) is 35.8 Å². The highest BCUT2D eigenvalue weighted by molar-refractivity contribution is 5.83. The van der Waals surface area contributed by atoms with Crippen LogP contribution in [0.5, 0.6) is 0 Å². The first kappa shape index (κ1) is 17.8. The molecule has 29 heavy (non-hydrogen) atoms. The zero-order valence-electron chi connectivity index (χ0n) is 16.3. The van der Waals surface area contributed by atoms with Crippen LogP contribution < -0.4 is 9.80 Å². The second-order valence-corrected chi connectivity index (χ2v) is 7.62. The summed E-state index contributed by atoms with van der Waals surface area (Å²) < 4.78 is 7.19. The van der Waals surface area contributed by atoms with E-state index in [0.29, 0.717) is 24.1 Å². The lowest BCUT2D eigenvalue weighted by atomic mass is 10.0. The van der Waals surface area contributed by atoms with Crippen LogP contribution in [0.3, 0.4) is 0 Å². The van der Waals surface area contributed by atoms with Crippen molar-refractivity contribution in [1.82, 2.24) is 24.5 Å². The Labute approximate surface area is 168 Å². The van der Waals surface area contributed by atoms with Gasteiger partial charge in [-0.2, -0.15) is 5.26 Å². The van der Waals surface area contributed by atoms with Crippen LogP contribution in [0.15, 0.2) is 30.9 Å². The maximum Gasteiger partial charge on any atom is 0.165 e. The molecule has 2 aliphatic heterocycles. The van der Waals surface area contributed by atoms with Crippen molar-refractivity contribution in [2.24, 2.45) is 11.8 Å². The molecule has 2 atom stereocenters. The van der Waals surface area contributed by atoms with Gasteiger partial charge < -0.3 is 19.1 Å². The molecule has 9 nitrogen and oxygen atoms in total. The van der Waals surface area contributed by atoms with Gasteiger partial charge in [0.05, 0.1) is 12.9 Å². The molecule has 0 N–H and O–H groups in total. The van der Waals surface area contributed by atoms with Crippen molar-refractivity contribution >= 4 is 22.8 Å². The van der Waals surface area contributed by atoms with Gasteiger partial charge in [0.25, 0.3) is 0 Å². The van der Waals surface area contributed by atoms with Gasteiger partial charge in [-0.25, -0.2) is 19.9 Å². The zero-order valence-corrected chi connectivity index (χ0v) is 16.3. The summed E-state index contributed by atoms with van der Waals surface area (Å²) in [6, 6.07) is 7.76. The molecule has 0 amide bonds. The number of hydrogen-bond donors (Lipinski definition) is 0. The van der Waals surface area contributed by atoms with Crippen LogP contribution in [0.4, 0.5) is 11.6 Å². The van der Waals surface area contributed by atoms with Crippen molar-refractivity contribution in [3.63, 3.8) is 0 Å². The van der Waals surface area contributed by atoms with Gasteiger partial charge in [-0.1, -0.05) is 6.07 Å². The van der Waals surface area contributed by atoms with Crippen LogP contribution in [0.1, 0.15) is 5.69 Å². The lowest BCUT2D eigenvalue weighted by molar-refractivity contribution is 0.188. The molecule has 5 rings (SSSR count). The van der Waals surface area contributed by atoms with E-state index in [4.69, 9.17) is 10.00 Å². The molecule has 0 aromatic carbocycles.